The van der Waals surface area contributed by atoms with Gasteiger partial charge in [0.15, 0.2) is 4.96 Å². The highest BCUT2D eigenvalue weighted by Crippen LogP contribution is 2.25. The SMILES string of the molecule is Cc1csc(SCc2cc(=O)n3c(C)csc3n2)n1. The molecule has 3 rings (SSSR count). The minimum atomic E-state index is -0.00494. The van der Waals surface area contributed by atoms with Crippen LogP contribution in [-0.2, 0) is 5.75 Å². The van der Waals surface area contributed by atoms with Crippen LogP contribution in [0.5, 0.6) is 0 Å². The van der Waals surface area contributed by atoms with Crippen molar-refractivity contribution >= 4 is 39.4 Å². The van der Waals surface area contributed by atoms with Crippen LogP contribution in [0, 0.1) is 13.8 Å². The zero-order chi connectivity index (χ0) is 13.4. The number of aryl methyl sites for hydroxylation is 2. The van der Waals surface area contributed by atoms with Crippen molar-refractivity contribution in [3.05, 3.63) is 44.3 Å². The summed E-state index contributed by atoms with van der Waals surface area (Å²) < 4.78 is 2.66. The minimum absolute atomic E-state index is 0.00494. The van der Waals surface area contributed by atoms with Crippen molar-refractivity contribution in [2.24, 2.45) is 0 Å². The van der Waals surface area contributed by atoms with Crippen LogP contribution in [0.25, 0.3) is 4.96 Å². The summed E-state index contributed by atoms with van der Waals surface area (Å²) in [4.78, 5) is 21.7. The van der Waals surface area contributed by atoms with Gasteiger partial charge in [0.05, 0.1) is 5.69 Å². The number of hydrogen-bond donors (Lipinski definition) is 0. The largest absolute Gasteiger partial charge is 0.269 e. The van der Waals surface area contributed by atoms with Crippen LogP contribution in [0.2, 0.25) is 0 Å². The fourth-order valence-corrected chi connectivity index (χ4v) is 4.34. The van der Waals surface area contributed by atoms with Gasteiger partial charge in [0.1, 0.15) is 4.34 Å². The number of rotatable bonds is 3. The number of thiazole rings is 2. The molecule has 4 nitrogen and oxygen atoms in total. The zero-order valence-electron chi connectivity index (χ0n) is 10.4. The second kappa shape index (κ2) is 5.07. The van der Waals surface area contributed by atoms with Gasteiger partial charge in [-0.15, -0.1) is 22.7 Å². The van der Waals surface area contributed by atoms with Crippen LogP contribution >= 0.6 is 34.4 Å². The Balaban J connectivity index is 1.87. The van der Waals surface area contributed by atoms with E-state index in [9.17, 15) is 4.79 Å². The Labute approximate surface area is 122 Å². The summed E-state index contributed by atoms with van der Waals surface area (Å²) in [6.45, 7) is 3.89. The summed E-state index contributed by atoms with van der Waals surface area (Å²) in [6.07, 6.45) is 0. The van der Waals surface area contributed by atoms with E-state index in [1.807, 2.05) is 24.6 Å². The Morgan fingerprint density at radius 2 is 2.11 bits per heavy atom. The molecule has 0 saturated heterocycles. The van der Waals surface area contributed by atoms with Crippen LogP contribution in [0.3, 0.4) is 0 Å². The van der Waals surface area contributed by atoms with Gasteiger partial charge in [-0.05, 0) is 13.8 Å². The molecule has 0 aliphatic rings. The molecule has 0 saturated carbocycles. The minimum Gasteiger partial charge on any atom is -0.269 e. The molecule has 0 aromatic carbocycles. The Bertz CT molecular complexity index is 787. The maximum absolute atomic E-state index is 12.0. The van der Waals surface area contributed by atoms with Gasteiger partial charge >= 0.3 is 0 Å². The smallest absolute Gasteiger partial charge is 0.258 e. The lowest BCUT2D eigenvalue weighted by atomic mass is 10.4. The first kappa shape index (κ1) is 12.8. The second-order valence-electron chi connectivity index (χ2n) is 4.12. The van der Waals surface area contributed by atoms with Crippen molar-refractivity contribution in [3.63, 3.8) is 0 Å². The molecular weight excluding hydrogens is 298 g/mol. The third-order valence-electron chi connectivity index (χ3n) is 2.57. The molecule has 0 radical (unpaired) electrons. The van der Waals surface area contributed by atoms with E-state index in [2.05, 4.69) is 9.97 Å². The van der Waals surface area contributed by atoms with Crippen LogP contribution in [-0.4, -0.2) is 14.4 Å². The van der Waals surface area contributed by atoms with E-state index in [-0.39, 0.29) is 5.56 Å². The van der Waals surface area contributed by atoms with Gasteiger partial charge < -0.3 is 0 Å². The molecular formula is C12H11N3OS3. The van der Waals surface area contributed by atoms with Crippen molar-refractivity contribution in [2.45, 2.75) is 23.9 Å². The Kier molecular flexibility index (Phi) is 3.42. The molecule has 98 valence electrons. The number of aromatic nitrogens is 3. The predicted octanol–water partition coefficient (Wildman–Crippen LogP) is 3.12. The van der Waals surface area contributed by atoms with E-state index in [0.717, 1.165) is 26.4 Å². The van der Waals surface area contributed by atoms with Gasteiger partial charge in [-0.2, -0.15) is 0 Å². The first-order valence-electron chi connectivity index (χ1n) is 5.65. The average molecular weight is 309 g/mol. The normalized spacial score (nSPS) is 11.3. The number of fused-ring (bicyclic) bond motifs is 1. The van der Waals surface area contributed by atoms with Crippen LogP contribution in [0.15, 0.2) is 26.0 Å². The Morgan fingerprint density at radius 1 is 1.26 bits per heavy atom. The number of nitrogens with zero attached hydrogens (tertiary/aromatic N) is 3. The molecule has 0 aliphatic carbocycles. The average Bonchev–Trinajstić information content (AvgIpc) is 2.94. The van der Waals surface area contributed by atoms with E-state index >= 15 is 0 Å². The molecule has 0 fully saturated rings. The van der Waals surface area contributed by atoms with Crippen molar-refractivity contribution in [3.8, 4) is 0 Å². The third kappa shape index (κ3) is 2.58. The zero-order valence-corrected chi connectivity index (χ0v) is 12.9. The van der Waals surface area contributed by atoms with E-state index in [1.54, 1.807) is 33.6 Å². The van der Waals surface area contributed by atoms with Gasteiger partial charge in [-0.25, -0.2) is 9.97 Å². The molecule has 0 N–H and O–H groups in total. The van der Waals surface area contributed by atoms with E-state index in [1.165, 1.54) is 11.3 Å². The van der Waals surface area contributed by atoms with Crippen LogP contribution in [0.1, 0.15) is 17.1 Å². The first-order valence-corrected chi connectivity index (χ1v) is 8.39. The molecule has 3 aromatic heterocycles. The predicted molar refractivity (Wildman–Crippen MR) is 80.5 cm³/mol. The maximum Gasteiger partial charge on any atom is 0.258 e. The maximum atomic E-state index is 12.0. The van der Waals surface area contributed by atoms with Gasteiger partial charge in [-0.1, -0.05) is 11.8 Å². The molecule has 3 heterocycles. The number of thioether (sulfide) groups is 1. The summed E-state index contributed by atoms with van der Waals surface area (Å²) >= 11 is 4.74. The van der Waals surface area contributed by atoms with Crippen molar-refractivity contribution in [1.29, 1.82) is 0 Å². The summed E-state index contributed by atoms with van der Waals surface area (Å²) in [5, 5.41) is 3.97. The highest BCUT2D eigenvalue weighted by Gasteiger charge is 2.07. The molecule has 0 atom stereocenters. The summed E-state index contributed by atoms with van der Waals surface area (Å²) in [6, 6.07) is 1.61. The molecule has 19 heavy (non-hydrogen) atoms. The molecule has 0 amide bonds. The third-order valence-corrected chi connectivity index (χ3v) is 5.69. The topological polar surface area (TPSA) is 47.3 Å². The fourth-order valence-electron chi connectivity index (χ4n) is 1.71. The molecule has 0 aliphatic heterocycles. The summed E-state index contributed by atoms with van der Waals surface area (Å²) in [7, 11) is 0. The lowest BCUT2D eigenvalue weighted by Crippen LogP contribution is -2.14. The van der Waals surface area contributed by atoms with E-state index in [0.29, 0.717) is 5.75 Å². The molecule has 0 spiro atoms. The summed E-state index contributed by atoms with van der Waals surface area (Å²) in [5.74, 6) is 0.676. The van der Waals surface area contributed by atoms with E-state index in [4.69, 9.17) is 0 Å². The molecule has 0 unspecified atom stereocenters. The van der Waals surface area contributed by atoms with E-state index < -0.39 is 0 Å². The van der Waals surface area contributed by atoms with Crippen molar-refractivity contribution < 1.29 is 0 Å². The monoisotopic (exact) mass is 309 g/mol. The van der Waals surface area contributed by atoms with Gasteiger partial charge in [0.25, 0.3) is 5.56 Å². The highest BCUT2D eigenvalue weighted by atomic mass is 32.2. The Morgan fingerprint density at radius 3 is 2.84 bits per heavy atom. The van der Waals surface area contributed by atoms with Gasteiger partial charge in [-0.3, -0.25) is 9.20 Å². The molecule has 3 aromatic rings. The quantitative estimate of drug-likeness (QED) is 0.697. The number of hydrogen-bond acceptors (Lipinski definition) is 6. The molecule has 7 heteroatoms. The fraction of sp³-hybridized carbons (Fsp3) is 0.250. The highest BCUT2D eigenvalue weighted by molar-refractivity contribution is 8.00. The van der Waals surface area contributed by atoms with Gasteiger partial charge in [0.2, 0.25) is 0 Å². The van der Waals surface area contributed by atoms with Gasteiger partial charge in [0, 0.05) is 34.0 Å². The first-order chi connectivity index (χ1) is 9.13. The second-order valence-corrected chi connectivity index (χ2v) is 7.04. The lowest BCUT2D eigenvalue weighted by Gasteiger charge is -2.00. The Hall–Kier alpha value is -1.18. The lowest BCUT2D eigenvalue weighted by molar-refractivity contribution is 0.997. The standard InChI is InChI=1S/C12H11N3OS3/c1-7-4-18-12(13-7)19-6-9-3-10(16)15-8(2)5-17-11(15)14-9/h3-5H,6H2,1-2H3. The summed E-state index contributed by atoms with van der Waals surface area (Å²) in [5.41, 5.74) is 2.77. The van der Waals surface area contributed by atoms with Crippen molar-refractivity contribution in [1.82, 2.24) is 14.4 Å². The van der Waals surface area contributed by atoms with Crippen LogP contribution < -0.4 is 5.56 Å². The molecule has 0 bridgehead atoms. The van der Waals surface area contributed by atoms with Crippen LogP contribution in [0.4, 0.5) is 0 Å². The van der Waals surface area contributed by atoms with Crippen molar-refractivity contribution in [2.75, 3.05) is 0 Å².